The largest absolute Gasteiger partial charge is 0.462 e. The molecule has 3 aromatic rings. The summed E-state index contributed by atoms with van der Waals surface area (Å²) in [6.07, 6.45) is 1.03. The second kappa shape index (κ2) is 10.3. The first-order chi connectivity index (χ1) is 15.7. The Balaban J connectivity index is 1.82. The highest BCUT2D eigenvalue weighted by Gasteiger charge is 2.20. The molecular weight excluding hydrogens is 447 g/mol. The second-order valence-corrected chi connectivity index (χ2v) is 9.03. The average Bonchev–Trinajstić information content (AvgIpc) is 2.78. The third-order valence-corrected chi connectivity index (χ3v) is 5.90. The minimum atomic E-state index is -3.72. The number of esters is 1. The van der Waals surface area contributed by atoms with Crippen molar-refractivity contribution in [1.82, 2.24) is 0 Å². The smallest absolute Gasteiger partial charge is 0.340 e. The number of amides is 1. The van der Waals surface area contributed by atoms with E-state index in [1.807, 2.05) is 0 Å². The van der Waals surface area contributed by atoms with Gasteiger partial charge in [-0.05, 0) is 49.4 Å². The number of para-hydroxylation sites is 1. The maximum atomic E-state index is 14.1. The van der Waals surface area contributed by atoms with Gasteiger partial charge in [0.1, 0.15) is 5.82 Å². The van der Waals surface area contributed by atoms with Gasteiger partial charge >= 0.3 is 5.97 Å². The van der Waals surface area contributed by atoms with Crippen LogP contribution in [-0.2, 0) is 21.3 Å². The molecule has 172 valence electrons. The van der Waals surface area contributed by atoms with Crippen molar-refractivity contribution in [3.8, 4) is 0 Å². The number of benzene rings is 3. The predicted octanol–water partition coefficient (Wildman–Crippen LogP) is 4.22. The van der Waals surface area contributed by atoms with E-state index in [2.05, 4.69) is 5.32 Å². The summed E-state index contributed by atoms with van der Waals surface area (Å²) in [6, 6.07) is 18.2. The summed E-state index contributed by atoms with van der Waals surface area (Å²) in [5.74, 6) is -1.55. The number of ether oxygens (including phenoxy) is 1. The molecule has 0 saturated carbocycles. The van der Waals surface area contributed by atoms with Crippen molar-refractivity contribution < 1.29 is 27.1 Å². The van der Waals surface area contributed by atoms with Crippen LogP contribution in [0.15, 0.2) is 72.8 Å². The Morgan fingerprint density at radius 3 is 2.24 bits per heavy atom. The Morgan fingerprint density at radius 2 is 1.61 bits per heavy atom. The van der Waals surface area contributed by atoms with E-state index in [9.17, 15) is 22.4 Å². The van der Waals surface area contributed by atoms with Crippen LogP contribution < -0.4 is 9.62 Å². The van der Waals surface area contributed by atoms with Gasteiger partial charge in [0.2, 0.25) is 10.0 Å². The van der Waals surface area contributed by atoms with Crippen molar-refractivity contribution in [1.29, 1.82) is 0 Å². The highest BCUT2D eigenvalue weighted by Crippen LogP contribution is 2.23. The number of rotatable bonds is 8. The fourth-order valence-corrected chi connectivity index (χ4v) is 4.01. The summed E-state index contributed by atoms with van der Waals surface area (Å²) >= 11 is 0. The number of carbonyl (C=O) groups excluding carboxylic acids is 2. The first-order valence-electron chi connectivity index (χ1n) is 10.1. The van der Waals surface area contributed by atoms with Crippen LogP contribution in [0, 0.1) is 5.82 Å². The molecule has 3 aromatic carbocycles. The lowest BCUT2D eigenvalue weighted by Crippen LogP contribution is -2.29. The van der Waals surface area contributed by atoms with Crippen molar-refractivity contribution in [2.75, 3.05) is 22.5 Å². The van der Waals surface area contributed by atoms with Gasteiger partial charge in [-0.15, -0.1) is 0 Å². The van der Waals surface area contributed by atoms with E-state index in [0.29, 0.717) is 5.69 Å². The first-order valence-corrected chi connectivity index (χ1v) is 11.9. The van der Waals surface area contributed by atoms with Gasteiger partial charge in [-0.3, -0.25) is 9.10 Å². The monoisotopic (exact) mass is 470 g/mol. The number of nitrogens with one attached hydrogen (secondary N) is 1. The lowest BCUT2D eigenvalue weighted by molar-refractivity contribution is 0.0527. The number of hydrogen-bond donors (Lipinski definition) is 1. The van der Waals surface area contributed by atoms with Crippen LogP contribution in [0.4, 0.5) is 15.8 Å². The molecule has 7 nitrogen and oxygen atoms in total. The van der Waals surface area contributed by atoms with Crippen molar-refractivity contribution in [3.63, 3.8) is 0 Å². The van der Waals surface area contributed by atoms with Gasteiger partial charge < -0.3 is 10.1 Å². The topological polar surface area (TPSA) is 92.8 Å². The molecule has 33 heavy (non-hydrogen) atoms. The number of carbonyl (C=O) groups is 2. The van der Waals surface area contributed by atoms with Gasteiger partial charge in [0.15, 0.2) is 0 Å². The summed E-state index contributed by atoms with van der Waals surface area (Å²) in [7, 11) is -3.72. The van der Waals surface area contributed by atoms with Crippen molar-refractivity contribution >= 4 is 33.3 Å². The lowest BCUT2D eigenvalue weighted by Gasteiger charge is -2.23. The van der Waals surface area contributed by atoms with Crippen molar-refractivity contribution in [2.24, 2.45) is 0 Å². The first kappa shape index (κ1) is 23.9. The van der Waals surface area contributed by atoms with E-state index in [0.717, 1.165) is 10.6 Å². The SMILES string of the molecule is CCOC(=O)c1ccccc1NC(=O)c1ccc(N(Cc2ccccc2F)S(C)(=O)=O)cc1. The molecule has 0 fully saturated rings. The van der Waals surface area contributed by atoms with E-state index >= 15 is 0 Å². The third-order valence-electron chi connectivity index (χ3n) is 4.76. The maximum absolute atomic E-state index is 14.1. The zero-order valence-corrected chi connectivity index (χ0v) is 18.9. The van der Waals surface area contributed by atoms with Gasteiger partial charge in [0.05, 0.1) is 36.3 Å². The molecule has 0 radical (unpaired) electrons. The molecule has 1 N–H and O–H groups in total. The molecule has 0 aliphatic rings. The van der Waals surface area contributed by atoms with E-state index in [1.165, 1.54) is 42.5 Å². The summed E-state index contributed by atoms with van der Waals surface area (Å²) in [6.45, 7) is 1.70. The fourth-order valence-electron chi connectivity index (χ4n) is 3.13. The van der Waals surface area contributed by atoms with E-state index in [1.54, 1.807) is 37.3 Å². The highest BCUT2D eigenvalue weighted by molar-refractivity contribution is 7.92. The Labute approximate surface area is 191 Å². The Kier molecular flexibility index (Phi) is 7.44. The zero-order chi connectivity index (χ0) is 24.0. The lowest BCUT2D eigenvalue weighted by atomic mass is 10.1. The zero-order valence-electron chi connectivity index (χ0n) is 18.1. The van der Waals surface area contributed by atoms with Crippen molar-refractivity contribution in [3.05, 3.63) is 95.3 Å². The molecule has 0 unspecified atom stereocenters. The standard InChI is InChI=1S/C24H23FN2O5S/c1-3-32-24(29)20-9-5-7-11-22(20)26-23(28)17-12-14-19(15-13-17)27(33(2,30)31)16-18-8-4-6-10-21(18)25/h4-15H,3,16H2,1-2H3,(H,26,28). The molecule has 0 aliphatic carbocycles. The summed E-state index contributed by atoms with van der Waals surface area (Å²) in [5.41, 5.74) is 1.26. The second-order valence-electron chi connectivity index (χ2n) is 7.13. The molecular formula is C24H23FN2O5S. The molecule has 0 heterocycles. The molecule has 9 heteroatoms. The Hall–Kier alpha value is -3.72. The quantitative estimate of drug-likeness (QED) is 0.498. The third kappa shape index (κ3) is 5.95. The van der Waals surface area contributed by atoms with Crippen LogP contribution in [0.25, 0.3) is 0 Å². The number of nitrogens with zero attached hydrogens (tertiary/aromatic N) is 1. The molecule has 0 aliphatic heterocycles. The number of anilines is 2. The van der Waals surface area contributed by atoms with Crippen LogP contribution in [0.1, 0.15) is 33.2 Å². The Bertz CT molecular complexity index is 1260. The van der Waals surface area contributed by atoms with Crippen LogP contribution in [0.3, 0.4) is 0 Å². The molecule has 0 aromatic heterocycles. The van der Waals surface area contributed by atoms with Crippen LogP contribution in [0.5, 0.6) is 0 Å². The maximum Gasteiger partial charge on any atom is 0.340 e. The molecule has 3 rings (SSSR count). The minimum absolute atomic E-state index is 0.191. The average molecular weight is 471 g/mol. The molecule has 1 amide bonds. The van der Waals surface area contributed by atoms with Gasteiger partial charge in [-0.2, -0.15) is 0 Å². The van der Waals surface area contributed by atoms with Crippen molar-refractivity contribution in [2.45, 2.75) is 13.5 Å². The number of hydrogen-bond acceptors (Lipinski definition) is 5. The summed E-state index contributed by atoms with van der Waals surface area (Å²) < 4.78 is 44.8. The summed E-state index contributed by atoms with van der Waals surface area (Å²) in [5, 5.41) is 2.67. The van der Waals surface area contributed by atoms with Crippen LogP contribution in [-0.4, -0.2) is 33.2 Å². The van der Waals surface area contributed by atoms with Crippen LogP contribution >= 0.6 is 0 Å². The molecule has 0 bridgehead atoms. The van der Waals surface area contributed by atoms with E-state index < -0.39 is 27.7 Å². The van der Waals surface area contributed by atoms with Gasteiger partial charge in [-0.25, -0.2) is 17.6 Å². The number of halogens is 1. The van der Waals surface area contributed by atoms with Gasteiger partial charge in [0, 0.05) is 11.1 Å². The Morgan fingerprint density at radius 1 is 0.970 bits per heavy atom. The van der Waals surface area contributed by atoms with E-state index in [-0.39, 0.29) is 35.5 Å². The van der Waals surface area contributed by atoms with Gasteiger partial charge in [-0.1, -0.05) is 30.3 Å². The highest BCUT2D eigenvalue weighted by atomic mass is 32.2. The molecule has 0 spiro atoms. The minimum Gasteiger partial charge on any atom is -0.462 e. The van der Waals surface area contributed by atoms with E-state index in [4.69, 9.17) is 4.74 Å². The molecule has 0 atom stereocenters. The molecule has 0 saturated heterocycles. The van der Waals surface area contributed by atoms with Gasteiger partial charge in [0.25, 0.3) is 5.91 Å². The fraction of sp³-hybridized carbons (Fsp3) is 0.167. The normalized spacial score (nSPS) is 11.0. The number of sulfonamides is 1. The van der Waals surface area contributed by atoms with Crippen LogP contribution in [0.2, 0.25) is 0 Å². The predicted molar refractivity (Wildman–Crippen MR) is 124 cm³/mol. The summed E-state index contributed by atoms with van der Waals surface area (Å²) in [4.78, 5) is 24.8.